The van der Waals surface area contributed by atoms with Crippen LogP contribution in [0.1, 0.15) is 30.0 Å². The van der Waals surface area contributed by atoms with Gasteiger partial charge in [-0.3, -0.25) is 4.79 Å². The highest BCUT2D eigenvalue weighted by molar-refractivity contribution is 5.79. The quantitative estimate of drug-likeness (QED) is 0.791. The van der Waals surface area contributed by atoms with E-state index in [-0.39, 0.29) is 6.04 Å². The second-order valence-corrected chi connectivity index (χ2v) is 4.30. The van der Waals surface area contributed by atoms with Crippen molar-refractivity contribution in [3.8, 4) is 0 Å². The molecule has 0 aromatic heterocycles. The lowest BCUT2D eigenvalue weighted by Crippen LogP contribution is -2.30. The van der Waals surface area contributed by atoms with Gasteiger partial charge in [0.15, 0.2) is 0 Å². The zero-order chi connectivity index (χ0) is 11.1. The molecule has 0 heterocycles. The zero-order valence-corrected chi connectivity index (χ0v) is 8.73. The zero-order valence-electron chi connectivity index (χ0n) is 8.73. The Hall–Kier alpha value is -1.35. The maximum absolute atomic E-state index is 11.1. The molecule has 3 nitrogen and oxygen atoms in total. The van der Waals surface area contributed by atoms with Gasteiger partial charge in [-0.2, -0.15) is 0 Å². The van der Waals surface area contributed by atoms with Crippen molar-refractivity contribution in [1.29, 1.82) is 0 Å². The molecule has 15 heavy (non-hydrogen) atoms. The highest BCUT2D eigenvalue weighted by Gasteiger charge is 2.55. The Kier molecular flexibility index (Phi) is 2.27. The van der Waals surface area contributed by atoms with E-state index in [4.69, 9.17) is 10.8 Å². The van der Waals surface area contributed by atoms with Crippen molar-refractivity contribution in [2.75, 3.05) is 0 Å². The summed E-state index contributed by atoms with van der Waals surface area (Å²) in [4.78, 5) is 11.1. The molecule has 1 fully saturated rings. The van der Waals surface area contributed by atoms with Crippen LogP contribution in [0, 0.1) is 12.3 Å². The molecule has 1 aliphatic carbocycles. The lowest BCUT2D eigenvalue weighted by molar-refractivity contribution is -0.144. The van der Waals surface area contributed by atoms with Crippen molar-refractivity contribution in [3.05, 3.63) is 35.4 Å². The van der Waals surface area contributed by atoms with Gasteiger partial charge in [0, 0.05) is 6.04 Å². The summed E-state index contributed by atoms with van der Waals surface area (Å²) in [5.41, 5.74) is 7.38. The fraction of sp³-hybridized carbons (Fsp3) is 0.417. The van der Waals surface area contributed by atoms with Crippen LogP contribution in [0.2, 0.25) is 0 Å². The van der Waals surface area contributed by atoms with E-state index in [2.05, 4.69) is 0 Å². The fourth-order valence-corrected chi connectivity index (χ4v) is 2.03. The smallest absolute Gasteiger partial charge is 0.311 e. The monoisotopic (exact) mass is 205 g/mol. The molecule has 1 aromatic carbocycles. The standard InChI is InChI=1S/C12H15NO2/c1-8-4-2-3-5-9(8)10(13)12(6-7-12)11(14)15/h2-5,10H,6-7,13H2,1H3,(H,14,15). The van der Waals surface area contributed by atoms with Crippen molar-refractivity contribution in [1.82, 2.24) is 0 Å². The largest absolute Gasteiger partial charge is 0.481 e. The molecule has 1 aliphatic rings. The van der Waals surface area contributed by atoms with Crippen LogP contribution in [0.4, 0.5) is 0 Å². The minimum absolute atomic E-state index is 0.379. The molecule has 0 spiro atoms. The number of rotatable bonds is 3. The molecule has 0 amide bonds. The summed E-state index contributed by atoms with van der Waals surface area (Å²) in [5, 5.41) is 9.15. The van der Waals surface area contributed by atoms with Crippen molar-refractivity contribution < 1.29 is 9.90 Å². The molecule has 3 heteroatoms. The van der Waals surface area contributed by atoms with E-state index < -0.39 is 11.4 Å². The average Bonchev–Trinajstić information content (AvgIpc) is 2.98. The Morgan fingerprint density at radius 1 is 1.47 bits per heavy atom. The number of carboxylic acid groups (broad SMARTS) is 1. The van der Waals surface area contributed by atoms with Crippen molar-refractivity contribution in [3.63, 3.8) is 0 Å². The van der Waals surface area contributed by atoms with Gasteiger partial charge in [-0.1, -0.05) is 24.3 Å². The van der Waals surface area contributed by atoms with Crippen molar-refractivity contribution in [2.24, 2.45) is 11.1 Å². The van der Waals surface area contributed by atoms with Gasteiger partial charge in [0.1, 0.15) is 0 Å². The van der Waals surface area contributed by atoms with Gasteiger partial charge < -0.3 is 10.8 Å². The van der Waals surface area contributed by atoms with Gasteiger partial charge in [0.2, 0.25) is 0 Å². The normalized spacial score (nSPS) is 19.6. The van der Waals surface area contributed by atoms with Gasteiger partial charge in [0.05, 0.1) is 5.41 Å². The topological polar surface area (TPSA) is 63.3 Å². The summed E-state index contributed by atoms with van der Waals surface area (Å²) in [6.45, 7) is 1.97. The second-order valence-electron chi connectivity index (χ2n) is 4.30. The number of hydrogen-bond donors (Lipinski definition) is 2. The summed E-state index contributed by atoms with van der Waals surface area (Å²) in [6, 6.07) is 7.35. The predicted molar refractivity (Wildman–Crippen MR) is 57.4 cm³/mol. The Morgan fingerprint density at radius 2 is 2.07 bits per heavy atom. The second kappa shape index (κ2) is 3.35. The molecule has 1 unspecified atom stereocenters. The van der Waals surface area contributed by atoms with Crippen LogP contribution in [-0.4, -0.2) is 11.1 Å². The molecule has 1 saturated carbocycles. The summed E-state index contributed by atoms with van der Waals surface area (Å²) >= 11 is 0. The van der Waals surface area contributed by atoms with Gasteiger partial charge in [-0.05, 0) is 30.9 Å². The predicted octanol–water partition coefficient (Wildman–Crippen LogP) is 1.86. The molecule has 0 bridgehead atoms. The molecule has 0 aliphatic heterocycles. The van der Waals surface area contributed by atoms with Crippen LogP contribution in [0.25, 0.3) is 0 Å². The maximum Gasteiger partial charge on any atom is 0.311 e. The third-order valence-electron chi connectivity index (χ3n) is 3.33. The van der Waals surface area contributed by atoms with E-state index in [0.29, 0.717) is 12.8 Å². The van der Waals surface area contributed by atoms with Crippen molar-refractivity contribution in [2.45, 2.75) is 25.8 Å². The minimum atomic E-state index is -0.766. The van der Waals surface area contributed by atoms with Crippen LogP contribution in [0.15, 0.2) is 24.3 Å². The minimum Gasteiger partial charge on any atom is -0.481 e. The summed E-state index contributed by atoms with van der Waals surface area (Å²) in [5.74, 6) is -0.766. The van der Waals surface area contributed by atoms with E-state index in [9.17, 15) is 4.79 Å². The third-order valence-corrected chi connectivity index (χ3v) is 3.33. The molecule has 80 valence electrons. The summed E-state index contributed by atoms with van der Waals surface area (Å²) in [6.07, 6.45) is 1.38. The van der Waals surface area contributed by atoms with Crippen LogP contribution in [0.3, 0.4) is 0 Å². The Labute approximate surface area is 88.9 Å². The van der Waals surface area contributed by atoms with E-state index in [1.54, 1.807) is 0 Å². The first kappa shape index (κ1) is 10.2. The van der Waals surface area contributed by atoms with Gasteiger partial charge in [0.25, 0.3) is 0 Å². The molecule has 2 rings (SSSR count). The number of nitrogens with two attached hydrogens (primary N) is 1. The molecule has 0 saturated heterocycles. The lowest BCUT2D eigenvalue weighted by Gasteiger charge is -2.21. The van der Waals surface area contributed by atoms with Crippen LogP contribution in [-0.2, 0) is 4.79 Å². The van der Waals surface area contributed by atoms with Crippen LogP contribution < -0.4 is 5.73 Å². The number of aryl methyl sites for hydroxylation is 1. The van der Waals surface area contributed by atoms with E-state index in [1.807, 2.05) is 31.2 Å². The Balaban J connectivity index is 2.33. The van der Waals surface area contributed by atoms with Gasteiger partial charge in [-0.25, -0.2) is 0 Å². The highest BCUT2D eigenvalue weighted by atomic mass is 16.4. The van der Waals surface area contributed by atoms with Gasteiger partial charge >= 0.3 is 5.97 Å². The fourth-order valence-electron chi connectivity index (χ4n) is 2.03. The molecular weight excluding hydrogens is 190 g/mol. The first-order valence-corrected chi connectivity index (χ1v) is 5.12. The van der Waals surface area contributed by atoms with Gasteiger partial charge in [-0.15, -0.1) is 0 Å². The lowest BCUT2D eigenvalue weighted by atomic mass is 9.88. The van der Waals surface area contributed by atoms with Crippen LogP contribution in [0.5, 0.6) is 0 Å². The number of carboxylic acids is 1. The molecule has 1 aromatic rings. The number of hydrogen-bond acceptors (Lipinski definition) is 2. The maximum atomic E-state index is 11.1. The van der Waals surface area contributed by atoms with Crippen molar-refractivity contribution >= 4 is 5.97 Å². The molecular formula is C12H15NO2. The van der Waals surface area contributed by atoms with E-state index in [0.717, 1.165) is 11.1 Å². The highest BCUT2D eigenvalue weighted by Crippen LogP contribution is 2.54. The van der Waals surface area contributed by atoms with E-state index in [1.165, 1.54) is 0 Å². The first-order valence-electron chi connectivity index (χ1n) is 5.12. The number of benzene rings is 1. The summed E-state index contributed by atoms with van der Waals surface area (Å²) in [7, 11) is 0. The molecule has 0 radical (unpaired) electrons. The molecule has 1 atom stereocenters. The SMILES string of the molecule is Cc1ccccc1C(N)C1(C(=O)O)CC1. The van der Waals surface area contributed by atoms with E-state index >= 15 is 0 Å². The molecule has 3 N–H and O–H groups in total. The average molecular weight is 205 g/mol. The summed E-state index contributed by atoms with van der Waals surface area (Å²) < 4.78 is 0. The number of aliphatic carboxylic acids is 1. The third kappa shape index (κ3) is 1.53. The number of carbonyl (C=O) groups is 1. The van der Waals surface area contributed by atoms with Crippen LogP contribution >= 0.6 is 0 Å². The first-order chi connectivity index (χ1) is 7.08. The Bertz CT molecular complexity index is 396. The Morgan fingerprint density at radius 3 is 2.53 bits per heavy atom.